The summed E-state index contributed by atoms with van der Waals surface area (Å²) in [5.74, 6) is 0. The Kier molecular flexibility index (Phi) is 7.53. The average Bonchev–Trinajstić information content (AvgIpc) is 3.66. The van der Waals surface area contributed by atoms with Crippen LogP contribution in [0.2, 0.25) is 0 Å². The second-order valence-electron chi connectivity index (χ2n) is 14.4. The minimum atomic E-state index is 0.849. The smallest absolute Gasteiger partial charge is 0.159 e. The zero-order valence-electron chi connectivity index (χ0n) is 30.6. The van der Waals surface area contributed by atoms with Gasteiger partial charge in [-0.25, -0.2) is 0 Å². The monoisotopic (exact) mass is 713 g/mol. The molecule has 11 rings (SSSR count). The zero-order valence-corrected chi connectivity index (χ0v) is 30.6. The molecule has 0 saturated carbocycles. The van der Waals surface area contributed by atoms with Crippen molar-refractivity contribution in [3.8, 4) is 33.4 Å². The largest absolute Gasteiger partial charge is 0.454 e. The predicted molar refractivity (Wildman–Crippen MR) is 237 cm³/mol. The summed E-state index contributed by atoms with van der Waals surface area (Å²) in [6, 6.07) is 76.6. The molecular formula is C54H35NO. The molecule has 10 aromatic carbocycles. The van der Waals surface area contributed by atoms with Crippen LogP contribution in [0.3, 0.4) is 0 Å². The minimum Gasteiger partial charge on any atom is -0.454 e. The van der Waals surface area contributed by atoms with E-state index in [9.17, 15) is 0 Å². The molecule has 1 aromatic heterocycles. The van der Waals surface area contributed by atoms with Gasteiger partial charge in [-0.2, -0.15) is 0 Å². The number of para-hydroxylation sites is 2. The van der Waals surface area contributed by atoms with E-state index in [-0.39, 0.29) is 0 Å². The van der Waals surface area contributed by atoms with Crippen LogP contribution in [0.15, 0.2) is 217 Å². The summed E-state index contributed by atoms with van der Waals surface area (Å²) in [6.45, 7) is 0. The van der Waals surface area contributed by atoms with Crippen LogP contribution in [0.5, 0.6) is 0 Å². The number of nitrogens with zero attached hydrogens (tertiary/aromatic N) is 1. The summed E-state index contributed by atoms with van der Waals surface area (Å²) in [5.41, 5.74) is 11.8. The van der Waals surface area contributed by atoms with Crippen molar-refractivity contribution in [2.75, 3.05) is 4.90 Å². The van der Waals surface area contributed by atoms with Crippen molar-refractivity contribution in [2.24, 2.45) is 0 Å². The molecule has 0 N–H and O–H groups in total. The predicted octanol–water partition coefficient (Wildman–Crippen LogP) is 15.5. The topological polar surface area (TPSA) is 16.4 Å². The summed E-state index contributed by atoms with van der Waals surface area (Å²) in [4.78, 5) is 2.46. The Labute approximate surface area is 325 Å². The molecule has 0 unspecified atom stereocenters. The van der Waals surface area contributed by atoms with E-state index in [0.29, 0.717) is 0 Å². The van der Waals surface area contributed by atoms with E-state index in [0.717, 1.165) is 50.1 Å². The Hall–Kier alpha value is -7.42. The second-order valence-corrected chi connectivity index (χ2v) is 14.4. The third kappa shape index (κ3) is 5.19. The molecule has 1 heterocycles. The third-order valence-corrected chi connectivity index (χ3v) is 11.3. The maximum absolute atomic E-state index is 6.88. The summed E-state index contributed by atoms with van der Waals surface area (Å²) in [5, 5.41) is 9.39. The standard InChI is InChI=1S/C54H35NO/c1-2-15-36(16-3-1)40-32-33-49(48(35-40)44-26-12-20-37-17-4-7-22-41(37)44)55(51-29-14-28-47-45-25-10-11-30-52(45)56-54(47)51)50-34-31-39-19-6-9-24-43(39)53(50)46-27-13-21-38-18-5-8-23-42(38)46/h1-35H. The first-order valence-corrected chi connectivity index (χ1v) is 19.2. The van der Waals surface area contributed by atoms with E-state index in [1.54, 1.807) is 0 Å². The number of benzene rings is 10. The maximum atomic E-state index is 6.88. The number of hydrogen-bond acceptors (Lipinski definition) is 2. The van der Waals surface area contributed by atoms with Gasteiger partial charge >= 0.3 is 0 Å². The van der Waals surface area contributed by atoms with E-state index in [1.807, 2.05) is 6.07 Å². The van der Waals surface area contributed by atoms with Crippen molar-refractivity contribution < 1.29 is 4.42 Å². The van der Waals surface area contributed by atoms with Crippen molar-refractivity contribution in [1.29, 1.82) is 0 Å². The Balaban J connectivity index is 1.30. The highest BCUT2D eigenvalue weighted by Gasteiger charge is 2.27. The van der Waals surface area contributed by atoms with Crippen LogP contribution in [-0.4, -0.2) is 0 Å². The van der Waals surface area contributed by atoms with Crippen LogP contribution in [0.1, 0.15) is 0 Å². The number of fused-ring (bicyclic) bond motifs is 6. The normalized spacial score (nSPS) is 11.6. The van der Waals surface area contributed by atoms with Crippen molar-refractivity contribution in [3.05, 3.63) is 212 Å². The van der Waals surface area contributed by atoms with Crippen molar-refractivity contribution in [3.63, 3.8) is 0 Å². The molecule has 0 amide bonds. The van der Waals surface area contributed by atoms with Gasteiger partial charge in [-0.1, -0.05) is 182 Å². The second kappa shape index (κ2) is 13.2. The zero-order chi connectivity index (χ0) is 37.0. The van der Waals surface area contributed by atoms with Gasteiger partial charge in [0.25, 0.3) is 0 Å². The quantitative estimate of drug-likeness (QED) is 0.171. The fourth-order valence-corrected chi connectivity index (χ4v) is 8.69. The molecular weight excluding hydrogens is 679 g/mol. The lowest BCUT2D eigenvalue weighted by Crippen LogP contribution is -2.13. The molecule has 262 valence electrons. The maximum Gasteiger partial charge on any atom is 0.159 e. The highest BCUT2D eigenvalue weighted by molar-refractivity contribution is 6.16. The number of hydrogen-bond donors (Lipinski definition) is 0. The molecule has 0 aliphatic heterocycles. The van der Waals surface area contributed by atoms with E-state index in [4.69, 9.17) is 4.42 Å². The first-order valence-electron chi connectivity index (χ1n) is 19.2. The molecule has 0 aliphatic carbocycles. The first kappa shape index (κ1) is 32.0. The Bertz CT molecular complexity index is 3260. The van der Waals surface area contributed by atoms with Gasteiger partial charge in [0.1, 0.15) is 5.58 Å². The van der Waals surface area contributed by atoms with Gasteiger partial charge in [-0.15, -0.1) is 0 Å². The van der Waals surface area contributed by atoms with Crippen molar-refractivity contribution in [2.45, 2.75) is 0 Å². The van der Waals surface area contributed by atoms with Crippen LogP contribution in [-0.2, 0) is 0 Å². The summed E-state index contributed by atoms with van der Waals surface area (Å²) in [7, 11) is 0. The first-order chi connectivity index (χ1) is 27.8. The van der Waals surface area contributed by atoms with E-state index < -0.39 is 0 Å². The van der Waals surface area contributed by atoms with Gasteiger partial charge < -0.3 is 9.32 Å². The van der Waals surface area contributed by atoms with Gasteiger partial charge in [0.2, 0.25) is 0 Å². The average molecular weight is 714 g/mol. The molecule has 56 heavy (non-hydrogen) atoms. The minimum absolute atomic E-state index is 0.849. The lowest BCUT2D eigenvalue weighted by atomic mass is 9.90. The molecule has 0 atom stereocenters. The Morgan fingerprint density at radius 2 is 0.857 bits per heavy atom. The van der Waals surface area contributed by atoms with Crippen LogP contribution in [0.4, 0.5) is 17.1 Å². The molecule has 0 aliphatic rings. The van der Waals surface area contributed by atoms with Crippen molar-refractivity contribution >= 4 is 71.3 Å². The van der Waals surface area contributed by atoms with Crippen LogP contribution in [0.25, 0.3) is 87.6 Å². The van der Waals surface area contributed by atoms with Gasteiger partial charge in [0.15, 0.2) is 5.58 Å². The lowest BCUT2D eigenvalue weighted by molar-refractivity contribution is 0.669. The van der Waals surface area contributed by atoms with Gasteiger partial charge in [-0.3, -0.25) is 0 Å². The highest BCUT2D eigenvalue weighted by atomic mass is 16.3. The molecule has 0 saturated heterocycles. The van der Waals surface area contributed by atoms with Gasteiger partial charge in [-0.05, 0) is 84.9 Å². The fraction of sp³-hybridized carbons (Fsp3) is 0. The highest BCUT2D eigenvalue weighted by Crippen LogP contribution is 2.51. The summed E-state index contributed by atoms with van der Waals surface area (Å²) < 4.78 is 6.88. The molecule has 11 aromatic rings. The van der Waals surface area contributed by atoms with Crippen LogP contribution < -0.4 is 4.90 Å². The SMILES string of the molecule is c1ccc(-c2ccc(N(c3ccc4ccccc4c3-c3cccc4ccccc34)c3cccc4c3oc3ccccc34)c(-c3cccc4ccccc34)c2)cc1. The lowest BCUT2D eigenvalue weighted by Gasteiger charge is -2.31. The third-order valence-electron chi connectivity index (χ3n) is 11.3. The number of furan rings is 1. The molecule has 0 spiro atoms. The van der Waals surface area contributed by atoms with Gasteiger partial charge in [0.05, 0.1) is 17.1 Å². The summed E-state index contributed by atoms with van der Waals surface area (Å²) >= 11 is 0. The molecule has 0 bridgehead atoms. The number of anilines is 3. The van der Waals surface area contributed by atoms with Crippen LogP contribution in [0, 0.1) is 0 Å². The summed E-state index contributed by atoms with van der Waals surface area (Å²) in [6.07, 6.45) is 0. The molecule has 2 heteroatoms. The van der Waals surface area contributed by atoms with E-state index >= 15 is 0 Å². The molecule has 2 nitrogen and oxygen atoms in total. The van der Waals surface area contributed by atoms with E-state index in [1.165, 1.54) is 54.6 Å². The van der Waals surface area contributed by atoms with Gasteiger partial charge in [0, 0.05) is 21.9 Å². The Morgan fingerprint density at radius 1 is 0.304 bits per heavy atom. The van der Waals surface area contributed by atoms with Crippen molar-refractivity contribution in [1.82, 2.24) is 0 Å². The molecule has 0 radical (unpaired) electrons. The van der Waals surface area contributed by atoms with E-state index in [2.05, 4.69) is 211 Å². The Morgan fingerprint density at radius 3 is 1.62 bits per heavy atom. The number of rotatable bonds is 6. The van der Waals surface area contributed by atoms with Crippen LogP contribution >= 0.6 is 0 Å². The fourth-order valence-electron chi connectivity index (χ4n) is 8.69. The molecule has 0 fully saturated rings.